The van der Waals surface area contributed by atoms with Crippen molar-refractivity contribution in [3.05, 3.63) is 46.6 Å². The third-order valence-corrected chi connectivity index (χ3v) is 7.46. The molecule has 3 heterocycles. The molecule has 1 saturated heterocycles. The molecule has 2 atom stereocenters. The lowest BCUT2D eigenvalue weighted by molar-refractivity contribution is -0.138. The number of hydrogen-bond donors (Lipinski definition) is 1. The highest BCUT2D eigenvalue weighted by molar-refractivity contribution is 6.31. The molecule has 1 unspecified atom stereocenters. The molecule has 3 aromatic rings. The number of anilines is 1. The lowest BCUT2D eigenvalue weighted by atomic mass is 9.84. The maximum absolute atomic E-state index is 14.3. The molecule has 1 aliphatic heterocycles. The third kappa shape index (κ3) is 5.60. The Morgan fingerprint density at radius 3 is 2.47 bits per heavy atom. The molecular formula is C27H32ClF2N5O3. The SMILES string of the molecule is CCCN(c1cc(-c2cc(F)c(Cl)c(F)c2)nc2cc(C(=O)N3CCC(CC(=O)O)[C@@H](C)C3)nn12)C(C)C. The second-order valence-electron chi connectivity index (χ2n) is 10.2. The average Bonchev–Trinajstić information content (AvgIpc) is 3.29. The van der Waals surface area contributed by atoms with Gasteiger partial charge in [0.25, 0.3) is 5.91 Å². The van der Waals surface area contributed by atoms with Crippen LogP contribution in [0.2, 0.25) is 5.02 Å². The van der Waals surface area contributed by atoms with Gasteiger partial charge in [0.05, 0.1) is 5.69 Å². The summed E-state index contributed by atoms with van der Waals surface area (Å²) in [6.45, 7) is 9.63. The van der Waals surface area contributed by atoms with Gasteiger partial charge in [-0.05, 0) is 50.7 Å². The molecule has 0 saturated carbocycles. The van der Waals surface area contributed by atoms with Crippen LogP contribution in [0.4, 0.5) is 14.6 Å². The summed E-state index contributed by atoms with van der Waals surface area (Å²) in [6, 6.07) is 5.64. The summed E-state index contributed by atoms with van der Waals surface area (Å²) in [6.07, 6.45) is 1.53. The number of carbonyl (C=O) groups excluding carboxylic acids is 1. The van der Waals surface area contributed by atoms with E-state index in [1.165, 1.54) is 0 Å². The van der Waals surface area contributed by atoms with Gasteiger partial charge >= 0.3 is 5.97 Å². The maximum Gasteiger partial charge on any atom is 0.303 e. The van der Waals surface area contributed by atoms with E-state index in [9.17, 15) is 18.4 Å². The van der Waals surface area contributed by atoms with Crippen LogP contribution in [0.3, 0.4) is 0 Å². The van der Waals surface area contributed by atoms with E-state index in [4.69, 9.17) is 16.7 Å². The van der Waals surface area contributed by atoms with Gasteiger partial charge in [0.1, 0.15) is 22.5 Å². The highest BCUT2D eigenvalue weighted by atomic mass is 35.5. The van der Waals surface area contributed by atoms with E-state index in [0.717, 1.165) is 18.6 Å². The fourth-order valence-electron chi connectivity index (χ4n) is 5.07. The van der Waals surface area contributed by atoms with Crippen LogP contribution < -0.4 is 4.90 Å². The van der Waals surface area contributed by atoms with Crippen LogP contribution in [0, 0.1) is 23.5 Å². The molecule has 1 amide bonds. The molecule has 0 spiro atoms. The Morgan fingerprint density at radius 1 is 1.21 bits per heavy atom. The first kappa shape index (κ1) is 27.8. The van der Waals surface area contributed by atoms with E-state index >= 15 is 0 Å². The third-order valence-electron chi connectivity index (χ3n) is 7.10. The van der Waals surface area contributed by atoms with Crippen molar-refractivity contribution in [3.8, 4) is 11.3 Å². The number of aromatic nitrogens is 3. The summed E-state index contributed by atoms with van der Waals surface area (Å²) in [7, 11) is 0. The molecule has 0 radical (unpaired) electrons. The number of hydrogen-bond acceptors (Lipinski definition) is 5. The number of carboxylic acids is 1. The van der Waals surface area contributed by atoms with Gasteiger partial charge in [-0.25, -0.2) is 13.8 Å². The molecular weight excluding hydrogens is 516 g/mol. The fourth-order valence-corrected chi connectivity index (χ4v) is 5.17. The molecule has 0 bridgehead atoms. The molecule has 4 rings (SSSR count). The summed E-state index contributed by atoms with van der Waals surface area (Å²) >= 11 is 5.69. The number of benzene rings is 1. The van der Waals surface area contributed by atoms with Crippen molar-refractivity contribution in [2.75, 3.05) is 24.5 Å². The summed E-state index contributed by atoms with van der Waals surface area (Å²) in [5.41, 5.74) is 1.11. The number of rotatable bonds is 8. The average molecular weight is 548 g/mol. The lowest BCUT2D eigenvalue weighted by Crippen LogP contribution is -2.43. The quantitative estimate of drug-likeness (QED) is 0.373. The lowest BCUT2D eigenvalue weighted by Gasteiger charge is -2.36. The Kier molecular flexibility index (Phi) is 8.20. The highest BCUT2D eigenvalue weighted by Gasteiger charge is 2.32. The first-order valence-electron chi connectivity index (χ1n) is 12.8. The van der Waals surface area contributed by atoms with Gasteiger partial charge in [-0.2, -0.15) is 9.61 Å². The second-order valence-corrected chi connectivity index (χ2v) is 10.6. The van der Waals surface area contributed by atoms with Gasteiger partial charge in [0.2, 0.25) is 0 Å². The number of fused-ring (bicyclic) bond motifs is 1. The normalized spacial score (nSPS) is 17.8. The number of halogens is 3. The molecule has 38 heavy (non-hydrogen) atoms. The smallest absolute Gasteiger partial charge is 0.303 e. The Morgan fingerprint density at radius 2 is 1.89 bits per heavy atom. The van der Waals surface area contributed by atoms with Crippen LogP contribution in [-0.4, -0.2) is 62.2 Å². The topological polar surface area (TPSA) is 91.0 Å². The van der Waals surface area contributed by atoms with Gasteiger partial charge in [-0.1, -0.05) is 25.4 Å². The predicted molar refractivity (Wildman–Crippen MR) is 142 cm³/mol. The van der Waals surface area contributed by atoms with Gasteiger partial charge < -0.3 is 14.9 Å². The fraction of sp³-hybridized carbons (Fsp3) is 0.481. The van der Waals surface area contributed by atoms with Crippen LogP contribution in [0.1, 0.15) is 57.4 Å². The Balaban J connectivity index is 1.76. The van der Waals surface area contributed by atoms with Crippen LogP contribution in [-0.2, 0) is 4.79 Å². The van der Waals surface area contributed by atoms with E-state index in [1.807, 2.05) is 27.7 Å². The van der Waals surface area contributed by atoms with Crippen LogP contribution in [0.15, 0.2) is 24.3 Å². The van der Waals surface area contributed by atoms with Crippen LogP contribution >= 0.6 is 11.6 Å². The van der Waals surface area contributed by atoms with Crippen molar-refractivity contribution in [1.82, 2.24) is 19.5 Å². The molecule has 204 valence electrons. The molecule has 1 fully saturated rings. The van der Waals surface area contributed by atoms with E-state index in [0.29, 0.717) is 43.2 Å². The first-order valence-corrected chi connectivity index (χ1v) is 13.2. The number of likely N-dealkylation sites (tertiary alicyclic amines) is 1. The minimum Gasteiger partial charge on any atom is -0.481 e. The number of piperidine rings is 1. The zero-order chi connectivity index (χ0) is 27.7. The number of nitrogens with zero attached hydrogens (tertiary/aromatic N) is 5. The molecule has 11 heteroatoms. The summed E-state index contributed by atoms with van der Waals surface area (Å²) in [5, 5.41) is 13.2. The minimum absolute atomic E-state index is 0.0160. The maximum atomic E-state index is 14.3. The van der Waals surface area contributed by atoms with E-state index < -0.39 is 22.6 Å². The molecule has 1 aromatic carbocycles. The molecule has 1 N–H and O–H groups in total. The predicted octanol–water partition coefficient (Wildman–Crippen LogP) is 5.53. The number of carbonyl (C=O) groups is 2. The molecule has 8 nitrogen and oxygen atoms in total. The van der Waals surface area contributed by atoms with Gasteiger partial charge in [-0.3, -0.25) is 9.59 Å². The van der Waals surface area contributed by atoms with Gasteiger partial charge in [0.15, 0.2) is 11.3 Å². The van der Waals surface area contributed by atoms with Crippen LogP contribution in [0.25, 0.3) is 16.9 Å². The van der Waals surface area contributed by atoms with Crippen molar-refractivity contribution >= 4 is 34.9 Å². The first-order chi connectivity index (χ1) is 18.0. The standard InChI is InChI=1S/C27H32ClF2N5O3/c1-5-7-34(15(2)3)24-13-21(18-9-19(29)26(28)20(30)10-18)31-23-12-22(32-35(23)24)27(38)33-8-6-17(11-25(36)37)16(4)14-33/h9-10,12-13,15-17H,5-8,11,14H2,1-4H3,(H,36,37)/t16-,17?/m0/s1. The van der Waals surface area contributed by atoms with Crippen molar-refractivity contribution in [1.29, 1.82) is 0 Å². The van der Waals surface area contributed by atoms with Crippen molar-refractivity contribution in [2.45, 2.75) is 53.0 Å². The van der Waals surface area contributed by atoms with Crippen LogP contribution in [0.5, 0.6) is 0 Å². The Labute approximate surface area is 225 Å². The minimum atomic E-state index is -0.885. The van der Waals surface area contributed by atoms with Crippen molar-refractivity contribution in [3.63, 3.8) is 0 Å². The summed E-state index contributed by atoms with van der Waals surface area (Å²) in [5.74, 6) is -2.17. The Bertz CT molecular complexity index is 1340. The monoisotopic (exact) mass is 547 g/mol. The van der Waals surface area contributed by atoms with Crippen molar-refractivity contribution < 1.29 is 23.5 Å². The van der Waals surface area contributed by atoms with E-state index in [2.05, 4.69) is 15.0 Å². The van der Waals surface area contributed by atoms with Gasteiger partial charge in [0, 0.05) is 49.8 Å². The summed E-state index contributed by atoms with van der Waals surface area (Å²) < 4.78 is 30.2. The second kappa shape index (κ2) is 11.2. The van der Waals surface area contributed by atoms with E-state index in [-0.39, 0.29) is 41.5 Å². The van der Waals surface area contributed by atoms with Crippen molar-refractivity contribution in [2.24, 2.45) is 11.8 Å². The number of carboxylic acid groups (broad SMARTS) is 1. The summed E-state index contributed by atoms with van der Waals surface area (Å²) in [4.78, 5) is 33.0. The zero-order valence-electron chi connectivity index (χ0n) is 21.9. The number of amides is 1. The largest absolute Gasteiger partial charge is 0.481 e. The van der Waals surface area contributed by atoms with E-state index in [1.54, 1.807) is 21.5 Å². The highest BCUT2D eigenvalue weighted by Crippen LogP contribution is 2.31. The Hall–Kier alpha value is -3.27. The zero-order valence-corrected chi connectivity index (χ0v) is 22.7. The molecule has 1 aliphatic rings. The molecule has 2 aromatic heterocycles. The molecule has 0 aliphatic carbocycles. The van der Waals surface area contributed by atoms with Gasteiger partial charge in [-0.15, -0.1) is 0 Å². The number of aliphatic carboxylic acids is 1.